The van der Waals surface area contributed by atoms with E-state index in [2.05, 4.69) is 42.8 Å². The lowest BCUT2D eigenvalue weighted by Crippen LogP contribution is -2.42. The van der Waals surface area contributed by atoms with Crippen LogP contribution in [0.4, 0.5) is 0 Å². The van der Waals surface area contributed by atoms with E-state index in [1.54, 1.807) is 0 Å². The summed E-state index contributed by atoms with van der Waals surface area (Å²) in [5.74, 6) is 0. The number of nitrogens with zero attached hydrogens (tertiary/aromatic N) is 1. The topological polar surface area (TPSA) is 15.3 Å². The maximum atomic E-state index is 3.67. The number of hydrogen-bond acceptors (Lipinski definition) is 2. The first kappa shape index (κ1) is 15.2. The third-order valence-electron chi connectivity index (χ3n) is 3.53. The van der Waals surface area contributed by atoms with Crippen molar-refractivity contribution in [2.45, 2.75) is 39.2 Å². The molecule has 0 aromatic rings. The van der Waals surface area contributed by atoms with E-state index >= 15 is 0 Å². The van der Waals surface area contributed by atoms with E-state index < -0.39 is 0 Å². The predicted molar refractivity (Wildman–Crippen MR) is 80.8 cm³/mol. The number of piperidine rings is 1. The van der Waals surface area contributed by atoms with Gasteiger partial charge in [0.15, 0.2) is 0 Å². The number of nitrogens with one attached hydrogen (secondary N) is 1. The molecule has 0 bridgehead atoms. The van der Waals surface area contributed by atoms with Gasteiger partial charge in [0.2, 0.25) is 0 Å². The Kier molecular flexibility index (Phi) is 7.70. The lowest BCUT2D eigenvalue weighted by molar-refractivity contribution is 0.201. The summed E-state index contributed by atoms with van der Waals surface area (Å²) in [6, 6.07) is 0.749. The highest BCUT2D eigenvalue weighted by Crippen LogP contribution is 2.12. The van der Waals surface area contributed by atoms with Gasteiger partial charge in [-0.1, -0.05) is 43.4 Å². The summed E-state index contributed by atoms with van der Waals surface area (Å²) in [7, 11) is 0. The Hall–Kier alpha value is -0.860. The third-order valence-corrected chi connectivity index (χ3v) is 3.53. The zero-order valence-electron chi connectivity index (χ0n) is 12.0. The number of allylic oxidation sites excluding steroid dienone is 4. The molecular weight excluding hydrogens is 220 g/mol. The van der Waals surface area contributed by atoms with Gasteiger partial charge in [-0.25, -0.2) is 0 Å². The van der Waals surface area contributed by atoms with Crippen LogP contribution in [-0.2, 0) is 0 Å². The van der Waals surface area contributed by atoms with Crippen molar-refractivity contribution in [1.29, 1.82) is 0 Å². The fourth-order valence-corrected chi connectivity index (χ4v) is 2.37. The van der Waals surface area contributed by atoms with Crippen LogP contribution in [0.25, 0.3) is 0 Å². The molecule has 0 spiro atoms. The monoisotopic (exact) mass is 248 g/mol. The van der Waals surface area contributed by atoms with Crippen LogP contribution in [0.3, 0.4) is 0 Å². The van der Waals surface area contributed by atoms with Gasteiger partial charge in [-0.15, -0.1) is 0 Å². The Morgan fingerprint density at radius 2 is 2.06 bits per heavy atom. The lowest BCUT2D eigenvalue weighted by Gasteiger charge is -2.32. The van der Waals surface area contributed by atoms with Crippen molar-refractivity contribution in [3.8, 4) is 0 Å². The van der Waals surface area contributed by atoms with E-state index in [9.17, 15) is 0 Å². The van der Waals surface area contributed by atoms with E-state index in [1.165, 1.54) is 44.5 Å². The summed E-state index contributed by atoms with van der Waals surface area (Å²) >= 11 is 0. The van der Waals surface area contributed by atoms with Crippen molar-refractivity contribution in [3.63, 3.8) is 0 Å². The van der Waals surface area contributed by atoms with Crippen LogP contribution >= 0.6 is 0 Å². The SMILES string of the molecule is C=C/C=C\C=C(/C)CCN1CCC(NCC)CC1. The van der Waals surface area contributed by atoms with E-state index in [-0.39, 0.29) is 0 Å². The van der Waals surface area contributed by atoms with Crippen molar-refractivity contribution in [2.24, 2.45) is 0 Å². The first-order valence-electron chi connectivity index (χ1n) is 7.16. The van der Waals surface area contributed by atoms with Crippen molar-refractivity contribution in [3.05, 3.63) is 36.5 Å². The second-order valence-corrected chi connectivity index (χ2v) is 5.06. The van der Waals surface area contributed by atoms with Gasteiger partial charge in [0, 0.05) is 12.6 Å². The molecule has 0 aromatic heterocycles. The molecule has 0 radical (unpaired) electrons. The van der Waals surface area contributed by atoms with Crippen molar-refractivity contribution in [2.75, 3.05) is 26.2 Å². The van der Waals surface area contributed by atoms with Gasteiger partial charge in [-0.2, -0.15) is 0 Å². The summed E-state index contributed by atoms with van der Waals surface area (Å²) < 4.78 is 0. The van der Waals surface area contributed by atoms with Crippen LogP contribution < -0.4 is 5.32 Å². The molecule has 0 aliphatic carbocycles. The lowest BCUT2D eigenvalue weighted by atomic mass is 10.0. The van der Waals surface area contributed by atoms with Crippen molar-refractivity contribution >= 4 is 0 Å². The minimum Gasteiger partial charge on any atom is -0.314 e. The molecular formula is C16H28N2. The first-order chi connectivity index (χ1) is 8.76. The normalized spacial score (nSPS) is 19.6. The molecule has 0 amide bonds. The molecule has 2 nitrogen and oxygen atoms in total. The largest absolute Gasteiger partial charge is 0.314 e. The second kappa shape index (κ2) is 9.12. The standard InChI is InChI=1S/C16H28N2/c1-4-6-7-8-15(3)9-12-18-13-10-16(11-14-18)17-5-2/h4,6-8,16-17H,1,5,9-14H2,2-3H3/b7-6-,15-8+. The third kappa shape index (κ3) is 6.18. The van der Waals surface area contributed by atoms with Gasteiger partial charge in [0.25, 0.3) is 0 Å². The second-order valence-electron chi connectivity index (χ2n) is 5.06. The average Bonchev–Trinajstić information content (AvgIpc) is 2.39. The summed E-state index contributed by atoms with van der Waals surface area (Å²) in [4.78, 5) is 2.59. The van der Waals surface area contributed by atoms with Gasteiger partial charge < -0.3 is 10.2 Å². The van der Waals surface area contributed by atoms with E-state index in [0.29, 0.717) is 0 Å². The highest BCUT2D eigenvalue weighted by molar-refractivity contribution is 5.14. The Morgan fingerprint density at radius 3 is 2.67 bits per heavy atom. The number of hydrogen-bond donors (Lipinski definition) is 1. The molecule has 2 heteroatoms. The molecule has 0 unspecified atom stereocenters. The van der Waals surface area contributed by atoms with Gasteiger partial charge in [0.05, 0.1) is 0 Å². The average molecular weight is 248 g/mol. The Bertz CT molecular complexity index is 283. The molecule has 1 aliphatic heterocycles. The Balaban J connectivity index is 2.19. The summed E-state index contributed by atoms with van der Waals surface area (Å²) in [5, 5.41) is 3.55. The van der Waals surface area contributed by atoms with E-state index in [1.807, 2.05) is 12.2 Å². The van der Waals surface area contributed by atoms with Gasteiger partial charge in [0.1, 0.15) is 0 Å². The fourth-order valence-electron chi connectivity index (χ4n) is 2.37. The van der Waals surface area contributed by atoms with Crippen LogP contribution in [0.5, 0.6) is 0 Å². The molecule has 102 valence electrons. The fraction of sp³-hybridized carbons (Fsp3) is 0.625. The molecule has 1 N–H and O–H groups in total. The summed E-state index contributed by atoms with van der Waals surface area (Å²) in [5.41, 5.74) is 1.45. The zero-order chi connectivity index (χ0) is 13.2. The molecule has 1 aliphatic rings. The Labute approximate surface area is 112 Å². The maximum absolute atomic E-state index is 3.67. The smallest absolute Gasteiger partial charge is 0.00912 e. The highest BCUT2D eigenvalue weighted by Gasteiger charge is 2.17. The molecule has 0 atom stereocenters. The molecule has 18 heavy (non-hydrogen) atoms. The molecule has 1 fully saturated rings. The quantitative estimate of drug-likeness (QED) is 0.696. The molecule has 0 saturated carbocycles. The minimum absolute atomic E-state index is 0.749. The summed E-state index contributed by atoms with van der Waals surface area (Å²) in [6.07, 6.45) is 11.8. The summed E-state index contributed by atoms with van der Waals surface area (Å²) in [6.45, 7) is 12.9. The minimum atomic E-state index is 0.749. The van der Waals surface area contributed by atoms with Gasteiger partial charge >= 0.3 is 0 Å². The first-order valence-corrected chi connectivity index (χ1v) is 7.16. The van der Waals surface area contributed by atoms with Crippen LogP contribution in [-0.4, -0.2) is 37.1 Å². The highest BCUT2D eigenvalue weighted by atomic mass is 15.1. The number of likely N-dealkylation sites (tertiary alicyclic amines) is 1. The zero-order valence-corrected chi connectivity index (χ0v) is 12.0. The van der Waals surface area contributed by atoms with Gasteiger partial charge in [-0.05, 0) is 45.8 Å². The van der Waals surface area contributed by atoms with Crippen LogP contribution in [0.2, 0.25) is 0 Å². The number of rotatable bonds is 7. The van der Waals surface area contributed by atoms with Crippen LogP contribution in [0.15, 0.2) is 36.5 Å². The van der Waals surface area contributed by atoms with E-state index in [0.717, 1.165) is 12.6 Å². The van der Waals surface area contributed by atoms with Crippen LogP contribution in [0.1, 0.15) is 33.1 Å². The van der Waals surface area contributed by atoms with E-state index in [4.69, 9.17) is 0 Å². The molecule has 1 heterocycles. The molecule has 1 rings (SSSR count). The molecule has 1 saturated heterocycles. The van der Waals surface area contributed by atoms with Crippen molar-refractivity contribution in [1.82, 2.24) is 10.2 Å². The maximum Gasteiger partial charge on any atom is 0.00912 e. The predicted octanol–water partition coefficient (Wildman–Crippen LogP) is 3.14. The molecule has 0 aromatic carbocycles. The van der Waals surface area contributed by atoms with Crippen LogP contribution in [0, 0.1) is 0 Å². The Morgan fingerprint density at radius 1 is 1.33 bits per heavy atom. The van der Waals surface area contributed by atoms with Gasteiger partial charge in [-0.3, -0.25) is 0 Å². The van der Waals surface area contributed by atoms with Crippen molar-refractivity contribution < 1.29 is 0 Å².